The van der Waals surface area contributed by atoms with E-state index in [0.717, 1.165) is 12.8 Å². The quantitative estimate of drug-likeness (QED) is 0.372. The Kier molecular flexibility index (Phi) is 5.47. The van der Waals surface area contributed by atoms with Gasteiger partial charge in [-0.05, 0) is 13.3 Å². The summed E-state index contributed by atoms with van der Waals surface area (Å²) in [5.41, 5.74) is 2.74. The molecule has 3 nitrogen and oxygen atoms in total. The summed E-state index contributed by atoms with van der Waals surface area (Å²) in [6.07, 6.45) is 2.01. The Morgan fingerprint density at radius 3 is 2.73 bits per heavy atom. The van der Waals surface area contributed by atoms with Crippen molar-refractivity contribution in [2.75, 3.05) is 6.61 Å². The van der Waals surface area contributed by atoms with Crippen LogP contribution in [0.4, 0.5) is 0 Å². The minimum Gasteiger partial charge on any atom is -0.273 e. The van der Waals surface area contributed by atoms with Crippen molar-refractivity contribution >= 4 is 5.91 Å². The Hall–Kier alpha value is -0.830. The Morgan fingerprint density at radius 1 is 1.64 bits per heavy atom. The van der Waals surface area contributed by atoms with Gasteiger partial charge in [0.15, 0.2) is 0 Å². The minimum absolute atomic E-state index is 0.249. The Morgan fingerprint density at radius 2 is 2.27 bits per heavy atom. The smallest absolute Gasteiger partial charge is 0.269 e. The van der Waals surface area contributed by atoms with Crippen LogP contribution in [0.5, 0.6) is 0 Å². The molecule has 11 heavy (non-hydrogen) atoms. The van der Waals surface area contributed by atoms with E-state index in [9.17, 15) is 4.79 Å². The lowest BCUT2D eigenvalue weighted by Crippen LogP contribution is -2.24. The second-order valence-electron chi connectivity index (χ2n) is 2.41. The molecule has 0 saturated carbocycles. The number of unbranched alkanes of at least 4 members (excludes halogenated alkanes) is 1. The molecule has 0 radical (unpaired) electrons. The van der Waals surface area contributed by atoms with E-state index in [1.165, 1.54) is 0 Å². The predicted molar refractivity (Wildman–Crippen MR) is 43.8 cm³/mol. The molecule has 0 aromatic carbocycles. The van der Waals surface area contributed by atoms with E-state index in [4.69, 9.17) is 4.84 Å². The monoisotopic (exact) mass is 157 g/mol. The van der Waals surface area contributed by atoms with E-state index in [1.54, 1.807) is 6.92 Å². The van der Waals surface area contributed by atoms with Crippen LogP contribution in [0.3, 0.4) is 0 Å². The summed E-state index contributed by atoms with van der Waals surface area (Å²) in [5.74, 6) is -0.249. The lowest BCUT2D eigenvalue weighted by molar-refractivity contribution is -0.129. The lowest BCUT2D eigenvalue weighted by Gasteiger charge is -2.03. The Labute approximate surface area is 67.4 Å². The van der Waals surface area contributed by atoms with Gasteiger partial charge in [-0.15, -0.1) is 0 Å². The van der Waals surface area contributed by atoms with Crippen molar-refractivity contribution in [1.82, 2.24) is 5.48 Å². The number of carbonyl (C=O) groups is 1. The maximum atomic E-state index is 10.8. The summed E-state index contributed by atoms with van der Waals surface area (Å²) in [6, 6.07) is 0. The highest BCUT2D eigenvalue weighted by Crippen LogP contribution is 1.88. The van der Waals surface area contributed by atoms with Crippen LogP contribution in [-0.2, 0) is 9.63 Å². The van der Waals surface area contributed by atoms with Crippen LogP contribution in [-0.4, -0.2) is 12.5 Å². The van der Waals surface area contributed by atoms with Crippen LogP contribution < -0.4 is 5.48 Å². The first-order chi connectivity index (χ1) is 5.18. The summed E-state index contributed by atoms with van der Waals surface area (Å²) >= 11 is 0. The number of hydrogen-bond donors (Lipinski definition) is 1. The summed E-state index contributed by atoms with van der Waals surface area (Å²) in [7, 11) is 0. The molecule has 0 atom stereocenters. The van der Waals surface area contributed by atoms with Crippen molar-refractivity contribution in [1.29, 1.82) is 0 Å². The molecule has 1 N–H and O–H groups in total. The molecule has 64 valence electrons. The molecular formula is C8H15NO2. The molecule has 0 unspecified atom stereocenters. The number of carbonyl (C=O) groups excluding carboxylic acids is 1. The largest absolute Gasteiger partial charge is 0.273 e. The van der Waals surface area contributed by atoms with Crippen molar-refractivity contribution in [3.8, 4) is 0 Å². The zero-order valence-corrected chi connectivity index (χ0v) is 7.14. The molecule has 0 aliphatic heterocycles. The van der Waals surface area contributed by atoms with Crippen molar-refractivity contribution in [2.45, 2.75) is 26.7 Å². The first-order valence-electron chi connectivity index (χ1n) is 3.76. The van der Waals surface area contributed by atoms with Gasteiger partial charge < -0.3 is 0 Å². The first kappa shape index (κ1) is 10.2. The van der Waals surface area contributed by atoms with Crippen molar-refractivity contribution < 1.29 is 9.63 Å². The molecule has 0 aromatic rings. The minimum atomic E-state index is -0.249. The molecule has 0 aliphatic rings. The van der Waals surface area contributed by atoms with Gasteiger partial charge in [-0.25, -0.2) is 5.48 Å². The molecule has 0 saturated heterocycles. The maximum Gasteiger partial charge on any atom is 0.269 e. The lowest BCUT2D eigenvalue weighted by atomic mass is 10.3. The van der Waals surface area contributed by atoms with Crippen LogP contribution in [0.15, 0.2) is 12.2 Å². The summed E-state index contributed by atoms with van der Waals surface area (Å²) < 4.78 is 0. The Bertz CT molecular complexity index is 143. The van der Waals surface area contributed by atoms with E-state index in [-0.39, 0.29) is 5.91 Å². The van der Waals surface area contributed by atoms with E-state index in [1.807, 2.05) is 0 Å². The number of nitrogens with one attached hydrogen (secondary N) is 1. The number of hydroxylamine groups is 1. The highest BCUT2D eigenvalue weighted by Gasteiger charge is 1.98. The fourth-order valence-corrected chi connectivity index (χ4v) is 0.420. The van der Waals surface area contributed by atoms with Gasteiger partial charge in [0.05, 0.1) is 6.61 Å². The molecule has 0 heterocycles. The van der Waals surface area contributed by atoms with Crippen LogP contribution in [0.25, 0.3) is 0 Å². The third-order valence-electron chi connectivity index (χ3n) is 1.15. The molecule has 0 aromatic heterocycles. The number of hydrogen-bond acceptors (Lipinski definition) is 2. The van der Waals surface area contributed by atoms with Gasteiger partial charge in [-0.3, -0.25) is 9.63 Å². The molecule has 1 amide bonds. The number of rotatable bonds is 5. The van der Waals surface area contributed by atoms with Gasteiger partial charge in [0.1, 0.15) is 0 Å². The normalized spacial score (nSPS) is 9.27. The second-order valence-corrected chi connectivity index (χ2v) is 2.41. The first-order valence-corrected chi connectivity index (χ1v) is 3.76. The second kappa shape index (κ2) is 5.92. The Balaban J connectivity index is 3.25. The zero-order chi connectivity index (χ0) is 8.69. The topological polar surface area (TPSA) is 38.3 Å². The van der Waals surface area contributed by atoms with Gasteiger partial charge in [-0.1, -0.05) is 19.9 Å². The van der Waals surface area contributed by atoms with Gasteiger partial charge in [0, 0.05) is 5.57 Å². The highest BCUT2D eigenvalue weighted by molar-refractivity contribution is 5.91. The third kappa shape index (κ3) is 5.61. The molecule has 3 heteroatoms. The number of amides is 1. The molecule has 0 rings (SSSR count). The molecular weight excluding hydrogens is 142 g/mol. The van der Waals surface area contributed by atoms with E-state index in [2.05, 4.69) is 19.0 Å². The van der Waals surface area contributed by atoms with Gasteiger partial charge in [0.2, 0.25) is 0 Å². The summed E-state index contributed by atoms with van der Waals surface area (Å²) in [4.78, 5) is 15.6. The fourth-order valence-electron chi connectivity index (χ4n) is 0.420. The van der Waals surface area contributed by atoms with Crippen LogP contribution in [0.1, 0.15) is 26.7 Å². The van der Waals surface area contributed by atoms with Crippen molar-refractivity contribution in [2.24, 2.45) is 0 Å². The van der Waals surface area contributed by atoms with E-state index < -0.39 is 0 Å². The fraction of sp³-hybridized carbons (Fsp3) is 0.625. The van der Waals surface area contributed by atoms with E-state index in [0.29, 0.717) is 12.2 Å². The zero-order valence-electron chi connectivity index (χ0n) is 7.14. The summed E-state index contributed by atoms with van der Waals surface area (Å²) in [6.45, 7) is 7.72. The SMILES string of the molecule is C=C(C)C(=O)NOCCCC. The van der Waals surface area contributed by atoms with E-state index >= 15 is 0 Å². The van der Waals surface area contributed by atoms with Crippen LogP contribution in [0, 0.1) is 0 Å². The van der Waals surface area contributed by atoms with Crippen LogP contribution in [0.2, 0.25) is 0 Å². The highest BCUT2D eigenvalue weighted by atomic mass is 16.6. The van der Waals surface area contributed by atoms with Crippen LogP contribution >= 0.6 is 0 Å². The van der Waals surface area contributed by atoms with Crippen molar-refractivity contribution in [3.05, 3.63) is 12.2 Å². The average molecular weight is 157 g/mol. The van der Waals surface area contributed by atoms with Gasteiger partial charge >= 0.3 is 0 Å². The molecule has 0 spiro atoms. The van der Waals surface area contributed by atoms with Crippen molar-refractivity contribution in [3.63, 3.8) is 0 Å². The average Bonchev–Trinajstić information content (AvgIpc) is 1.97. The predicted octanol–water partition coefficient (Wildman–Crippen LogP) is 1.41. The third-order valence-corrected chi connectivity index (χ3v) is 1.15. The van der Waals surface area contributed by atoms with Gasteiger partial charge in [0.25, 0.3) is 5.91 Å². The summed E-state index contributed by atoms with van der Waals surface area (Å²) in [5, 5.41) is 0. The van der Waals surface area contributed by atoms with Gasteiger partial charge in [-0.2, -0.15) is 0 Å². The molecule has 0 fully saturated rings. The maximum absolute atomic E-state index is 10.8. The molecule has 0 aliphatic carbocycles. The standard InChI is InChI=1S/C8H15NO2/c1-4-5-6-11-9-8(10)7(2)3/h2,4-6H2,1,3H3,(H,9,10). The molecule has 0 bridgehead atoms.